The van der Waals surface area contributed by atoms with Crippen molar-refractivity contribution < 1.29 is 9.53 Å². The molecule has 0 aliphatic rings. The number of nitrogens with zero attached hydrogens (tertiary/aromatic N) is 3. The molecule has 0 fully saturated rings. The summed E-state index contributed by atoms with van der Waals surface area (Å²) in [6.45, 7) is 4.61. The first-order chi connectivity index (χ1) is 10.0. The van der Waals surface area contributed by atoms with E-state index in [4.69, 9.17) is 4.74 Å². The monoisotopic (exact) mass is 288 g/mol. The fraction of sp³-hybridized carbons (Fsp3) is 0.400. The number of benzene rings is 1. The van der Waals surface area contributed by atoms with Crippen LogP contribution in [0.2, 0.25) is 0 Å². The SMILES string of the molecule is CC(C)c1ccc(OCCC(=O)Nc2ncn(C)n2)cc1. The van der Waals surface area contributed by atoms with Gasteiger partial charge in [0.25, 0.3) is 0 Å². The van der Waals surface area contributed by atoms with Crippen LogP contribution in [0.15, 0.2) is 30.6 Å². The van der Waals surface area contributed by atoms with Crippen molar-refractivity contribution in [3.63, 3.8) is 0 Å². The fourth-order valence-corrected chi connectivity index (χ4v) is 1.79. The van der Waals surface area contributed by atoms with Gasteiger partial charge in [0.15, 0.2) is 0 Å². The van der Waals surface area contributed by atoms with Gasteiger partial charge in [0.1, 0.15) is 12.1 Å². The maximum atomic E-state index is 11.7. The van der Waals surface area contributed by atoms with Crippen molar-refractivity contribution in [3.05, 3.63) is 36.2 Å². The molecule has 1 heterocycles. The van der Waals surface area contributed by atoms with Crippen molar-refractivity contribution in [3.8, 4) is 5.75 Å². The molecule has 0 aliphatic heterocycles. The zero-order valence-corrected chi connectivity index (χ0v) is 12.5. The average molecular weight is 288 g/mol. The third-order valence-electron chi connectivity index (χ3n) is 3.00. The number of rotatable bonds is 6. The smallest absolute Gasteiger partial charge is 0.248 e. The molecular formula is C15H20N4O2. The highest BCUT2D eigenvalue weighted by molar-refractivity contribution is 5.88. The molecule has 2 rings (SSSR count). The fourth-order valence-electron chi connectivity index (χ4n) is 1.79. The predicted molar refractivity (Wildman–Crippen MR) is 80.3 cm³/mol. The first kappa shape index (κ1) is 15.0. The minimum Gasteiger partial charge on any atom is -0.493 e. The molecule has 6 heteroatoms. The number of anilines is 1. The third kappa shape index (κ3) is 4.59. The second kappa shape index (κ2) is 6.88. The Kier molecular flexibility index (Phi) is 4.92. The van der Waals surface area contributed by atoms with Crippen LogP contribution < -0.4 is 10.1 Å². The summed E-state index contributed by atoms with van der Waals surface area (Å²) in [5.41, 5.74) is 1.27. The van der Waals surface area contributed by atoms with E-state index < -0.39 is 0 Å². The molecule has 2 aromatic rings. The molecule has 0 atom stereocenters. The summed E-state index contributed by atoms with van der Waals surface area (Å²) in [4.78, 5) is 15.6. The number of ether oxygens (including phenoxy) is 1. The highest BCUT2D eigenvalue weighted by atomic mass is 16.5. The Morgan fingerprint density at radius 3 is 2.62 bits per heavy atom. The normalized spacial score (nSPS) is 10.7. The van der Waals surface area contributed by atoms with E-state index in [-0.39, 0.29) is 12.3 Å². The van der Waals surface area contributed by atoms with Gasteiger partial charge in [-0.25, -0.2) is 4.98 Å². The van der Waals surface area contributed by atoms with E-state index in [9.17, 15) is 4.79 Å². The highest BCUT2D eigenvalue weighted by Gasteiger charge is 2.06. The van der Waals surface area contributed by atoms with E-state index >= 15 is 0 Å². The van der Waals surface area contributed by atoms with E-state index in [2.05, 4.69) is 29.2 Å². The van der Waals surface area contributed by atoms with Crippen molar-refractivity contribution in [2.24, 2.45) is 7.05 Å². The molecule has 0 radical (unpaired) electrons. The topological polar surface area (TPSA) is 69.0 Å². The predicted octanol–water partition coefficient (Wildman–Crippen LogP) is 2.35. The molecule has 112 valence electrons. The Morgan fingerprint density at radius 2 is 2.05 bits per heavy atom. The molecule has 0 unspecified atom stereocenters. The Morgan fingerprint density at radius 1 is 1.33 bits per heavy atom. The second-order valence-electron chi connectivity index (χ2n) is 5.11. The van der Waals surface area contributed by atoms with Crippen molar-refractivity contribution in [1.82, 2.24) is 14.8 Å². The van der Waals surface area contributed by atoms with Gasteiger partial charge >= 0.3 is 0 Å². The van der Waals surface area contributed by atoms with Crippen molar-refractivity contribution in [2.45, 2.75) is 26.2 Å². The van der Waals surface area contributed by atoms with E-state index in [1.165, 1.54) is 16.6 Å². The first-order valence-corrected chi connectivity index (χ1v) is 6.93. The van der Waals surface area contributed by atoms with Crippen LogP contribution in [-0.2, 0) is 11.8 Å². The Balaban J connectivity index is 1.74. The molecule has 0 aliphatic carbocycles. The van der Waals surface area contributed by atoms with Crippen LogP contribution in [0.4, 0.5) is 5.95 Å². The second-order valence-corrected chi connectivity index (χ2v) is 5.11. The molecule has 0 saturated heterocycles. The van der Waals surface area contributed by atoms with Crippen molar-refractivity contribution in [2.75, 3.05) is 11.9 Å². The number of hydrogen-bond donors (Lipinski definition) is 1. The van der Waals surface area contributed by atoms with Gasteiger partial charge in [0, 0.05) is 7.05 Å². The number of carbonyl (C=O) groups excluding carboxylic acids is 1. The van der Waals surface area contributed by atoms with Gasteiger partial charge in [-0.15, -0.1) is 5.10 Å². The van der Waals surface area contributed by atoms with Gasteiger partial charge in [0.2, 0.25) is 11.9 Å². The maximum absolute atomic E-state index is 11.7. The standard InChI is InChI=1S/C15H20N4O2/c1-11(2)12-4-6-13(7-5-12)21-9-8-14(20)17-15-16-10-19(3)18-15/h4-7,10-11H,8-9H2,1-3H3,(H,17,18,20). The lowest BCUT2D eigenvalue weighted by atomic mass is 10.0. The Bertz CT molecular complexity index is 590. The summed E-state index contributed by atoms with van der Waals surface area (Å²) < 4.78 is 7.08. The largest absolute Gasteiger partial charge is 0.493 e. The third-order valence-corrected chi connectivity index (χ3v) is 3.00. The lowest BCUT2D eigenvalue weighted by Gasteiger charge is -2.08. The summed E-state index contributed by atoms with van der Waals surface area (Å²) in [5.74, 6) is 1.41. The van der Waals surface area contributed by atoms with Gasteiger partial charge in [-0.1, -0.05) is 26.0 Å². The van der Waals surface area contributed by atoms with E-state index in [1.54, 1.807) is 7.05 Å². The summed E-state index contributed by atoms with van der Waals surface area (Å²) in [6.07, 6.45) is 1.78. The van der Waals surface area contributed by atoms with Crippen LogP contribution >= 0.6 is 0 Å². The van der Waals surface area contributed by atoms with E-state index in [1.807, 2.05) is 24.3 Å². The number of nitrogens with one attached hydrogen (secondary N) is 1. The van der Waals surface area contributed by atoms with Crippen molar-refractivity contribution >= 4 is 11.9 Å². The minimum atomic E-state index is -0.167. The van der Waals surface area contributed by atoms with Crippen LogP contribution in [0.3, 0.4) is 0 Å². The highest BCUT2D eigenvalue weighted by Crippen LogP contribution is 2.18. The van der Waals surface area contributed by atoms with Crippen LogP contribution in [0.1, 0.15) is 31.7 Å². The maximum Gasteiger partial charge on any atom is 0.248 e. The van der Waals surface area contributed by atoms with E-state index in [0.29, 0.717) is 18.5 Å². The van der Waals surface area contributed by atoms with Crippen molar-refractivity contribution in [1.29, 1.82) is 0 Å². The quantitative estimate of drug-likeness (QED) is 0.886. The van der Waals surface area contributed by atoms with Crippen LogP contribution in [0.5, 0.6) is 5.75 Å². The molecule has 0 spiro atoms. The Hall–Kier alpha value is -2.37. The number of aromatic nitrogens is 3. The van der Waals surface area contributed by atoms with E-state index in [0.717, 1.165) is 5.75 Å². The van der Waals surface area contributed by atoms with Crippen LogP contribution in [0, 0.1) is 0 Å². The summed E-state index contributed by atoms with van der Waals surface area (Å²) in [5, 5.41) is 6.59. The zero-order chi connectivity index (χ0) is 15.2. The van der Waals surface area contributed by atoms with Gasteiger partial charge < -0.3 is 4.74 Å². The molecule has 1 amide bonds. The molecule has 21 heavy (non-hydrogen) atoms. The molecule has 0 saturated carbocycles. The minimum absolute atomic E-state index is 0.167. The Labute approximate surface area is 124 Å². The average Bonchev–Trinajstić information content (AvgIpc) is 2.84. The van der Waals surface area contributed by atoms with Crippen LogP contribution in [0.25, 0.3) is 0 Å². The molecule has 1 aromatic carbocycles. The first-order valence-electron chi connectivity index (χ1n) is 6.93. The molecule has 0 bridgehead atoms. The number of hydrogen-bond acceptors (Lipinski definition) is 4. The lowest BCUT2D eigenvalue weighted by molar-refractivity contribution is -0.116. The summed E-state index contributed by atoms with van der Waals surface area (Å²) in [7, 11) is 1.74. The zero-order valence-electron chi connectivity index (χ0n) is 12.5. The number of amides is 1. The molecule has 1 N–H and O–H groups in total. The van der Waals surface area contributed by atoms with Gasteiger partial charge in [-0.2, -0.15) is 0 Å². The molecule has 6 nitrogen and oxygen atoms in total. The number of aryl methyl sites for hydroxylation is 1. The molecule has 1 aromatic heterocycles. The van der Waals surface area contributed by atoms with Gasteiger partial charge in [-0.3, -0.25) is 14.8 Å². The van der Waals surface area contributed by atoms with Crippen LogP contribution in [-0.4, -0.2) is 27.3 Å². The van der Waals surface area contributed by atoms with Gasteiger partial charge in [0.05, 0.1) is 13.0 Å². The summed E-state index contributed by atoms with van der Waals surface area (Å²) in [6, 6.07) is 7.93. The summed E-state index contributed by atoms with van der Waals surface area (Å²) >= 11 is 0. The number of carbonyl (C=O) groups is 1. The lowest BCUT2D eigenvalue weighted by Crippen LogP contribution is -2.16. The molecular weight excluding hydrogens is 268 g/mol. The van der Waals surface area contributed by atoms with Gasteiger partial charge in [-0.05, 0) is 23.6 Å².